The van der Waals surface area contributed by atoms with Crippen molar-refractivity contribution in [3.8, 4) is 0 Å². The van der Waals surface area contributed by atoms with E-state index >= 15 is 0 Å². The Labute approximate surface area is 120 Å². The molecule has 0 aromatic heterocycles. The summed E-state index contributed by atoms with van der Waals surface area (Å²) in [6.07, 6.45) is -2.59. The van der Waals surface area contributed by atoms with E-state index in [1.165, 1.54) is 0 Å². The quantitative estimate of drug-likeness (QED) is 0.794. The lowest BCUT2D eigenvalue weighted by Crippen LogP contribution is -2.48. The second-order valence-corrected chi connectivity index (χ2v) is 4.87. The fourth-order valence-corrected chi connectivity index (χ4v) is 2.43. The van der Waals surface area contributed by atoms with Gasteiger partial charge in [-0.05, 0) is 25.8 Å². The zero-order valence-corrected chi connectivity index (χ0v) is 11.5. The number of carbonyl (C=O) groups is 2. The number of amides is 2. The Bertz CT molecular complexity index is 372. The van der Waals surface area contributed by atoms with Gasteiger partial charge in [-0.15, -0.1) is 12.4 Å². The van der Waals surface area contributed by atoms with Crippen molar-refractivity contribution in [2.24, 2.45) is 0 Å². The summed E-state index contributed by atoms with van der Waals surface area (Å²) in [6.45, 7) is -0.474. The van der Waals surface area contributed by atoms with Crippen LogP contribution in [0.4, 0.5) is 13.2 Å². The number of carbonyl (C=O) groups excluding carboxylic acids is 2. The number of alkyl halides is 3. The lowest BCUT2D eigenvalue weighted by molar-refractivity contribution is -0.158. The molecule has 2 saturated heterocycles. The molecular weight excluding hydrogens is 299 g/mol. The molecule has 2 N–H and O–H groups in total. The Hall–Kier alpha value is -1.02. The predicted molar refractivity (Wildman–Crippen MR) is 67.5 cm³/mol. The first kappa shape index (κ1) is 17.0. The van der Waals surface area contributed by atoms with E-state index in [1.54, 1.807) is 0 Å². The van der Waals surface area contributed by atoms with Crippen molar-refractivity contribution < 1.29 is 22.8 Å². The number of halogens is 4. The molecule has 2 aliphatic rings. The number of rotatable bonds is 3. The molecular formula is C11H17ClF3N3O2. The maximum absolute atomic E-state index is 12.2. The standard InChI is InChI=1S/C11H16F3N3O2.ClH/c12-11(13,14)6-17-5-3-8(10(17)19)16-9(18)7-2-1-4-15-7;/h7-8,15H,1-6H2,(H,16,18);1H. The van der Waals surface area contributed by atoms with E-state index in [9.17, 15) is 22.8 Å². The Kier molecular flexibility index (Phi) is 5.64. The molecule has 2 heterocycles. The van der Waals surface area contributed by atoms with E-state index in [1.807, 2.05) is 0 Å². The fraction of sp³-hybridized carbons (Fsp3) is 0.818. The van der Waals surface area contributed by atoms with Crippen LogP contribution in [0, 0.1) is 0 Å². The van der Waals surface area contributed by atoms with Gasteiger partial charge in [0, 0.05) is 6.54 Å². The van der Waals surface area contributed by atoms with Crippen molar-refractivity contribution in [1.82, 2.24) is 15.5 Å². The van der Waals surface area contributed by atoms with Crippen molar-refractivity contribution in [2.45, 2.75) is 37.5 Å². The van der Waals surface area contributed by atoms with Crippen LogP contribution in [0.5, 0.6) is 0 Å². The summed E-state index contributed by atoms with van der Waals surface area (Å²) in [6, 6.07) is -1.15. The van der Waals surface area contributed by atoms with Gasteiger partial charge in [0.1, 0.15) is 12.6 Å². The minimum Gasteiger partial charge on any atom is -0.343 e. The smallest absolute Gasteiger partial charge is 0.343 e. The molecule has 2 atom stereocenters. The highest BCUT2D eigenvalue weighted by Crippen LogP contribution is 2.21. The molecule has 0 aliphatic carbocycles. The maximum atomic E-state index is 12.2. The van der Waals surface area contributed by atoms with E-state index in [4.69, 9.17) is 0 Å². The first-order chi connectivity index (χ1) is 8.87. The van der Waals surface area contributed by atoms with Crippen LogP contribution in [0.1, 0.15) is 19.3 Å². The highest BCUT2D eigenvalue weighted by atomic mass is 35.5. The molecule has 0 bridgehead atoms. The number of nitrogens with zero attached hydrogens (tertiary/aromatic N) is 1. The van der Waals surface area contributed by atoms with Gasteiger partial charge in [0.05, 0.1) is 6.04 Å². The lowest BCUT2D eigenvalue weighted by Gasteiger charge is -2.19. The Balaban J connectivity index is 0.00000200. The van der Waals surface area contributed by atoms with Crippen molar-refractivity contribution in [3.05, 3.63) is 0 Å². The van der Waals surface area contributed by atoms with E-state index in [-0.39, 0.29) is 37.3 Å². The Morgan fingerprint density at radius 3 is 2.65 bits per heavy atom. The molecule has 0 radical (unpaired) electrons. The third-order valence-corrected chi connectivity index (χ3v) is 3.36. The monoisotopic (exact) mass is 315 g/mol. The molecule has 0 saturated carbocycles. The lowest BCUT2D eigenvalue weighted by atomic mass is 10.2. The highest BCUT2D eigenvalue weighted by molar-refractivity contribution is 5.91. The molecule has 0 spiro atoms. The van der Waals surface area contributed by atoms with Crippen molar-refractivity contribution >= 4 is 24.2 Å². The molecule has 2 fully saturated rings. The van der Waals surface area contributed by atoms with Gasteiger partial charge < -0.3 is 15.5 Å². The SMILES string of the molecule is Cl.O=C(NC1CCN(CC(F)(F)F)C1=O)C1CCCN1. The molecule has 2 amide bonds. The molecule has 0 aromatic rings. The van der Waals surface area contributed by atoms with Crippen molar-refractivity contribution in [3.63, 3.8) is 0 Å². The molecule has 2 unspecified atom stereocenters. The van der Waals surface area contributed by atoms with Crippen LogP contribution in [0.25, 0.3) is 0 Å². The largest absolute Gasteiger partial charge is 0.406 e. The third-order valence-electron chi connectivity index (χ3n) is 3.36. The van der Waals surface area contributed by atoms with Crippen LogP contribution in [-0.2, 0) is 9.59 Å². The van der Waals surface area contributed by atoms with Crippen LogP contribution in [-0.4, -0.2) is 54.6 Å². The summed E-state index contributed by atoms with van der Waals surface area (Å²) in [4.78, 5) is 24.2. The second-order valence-electron chi connectivity index (χ2n) is 4.87. The van der Waals surface area contributed by atoms with Crippen LogP contribution in [0.3, 0.4) is 0 Å². The molecule has 116 valence electrons. The molecule has 0 aromatic carbocycles. The molecule has 20 heavy (non-hydrogen) atoms. The summed E-state index contributed by atoms with van der Waals surface area (Å²) in [7, 11) is 0. The van der Waals surface area contributed by atoms with Crippen LogP contribution < -0.4 is 10.6 Å². The van der Waals surface area contributed by atoms with Crippen LogP contribution >= 0.6 is 12.4 Å². The average Bonchev–Trinajstić information content (AvgIpc) is 2.92. The first-order valence-corrected chi connectivity index (χ1v) is 6.26. The molecule has 2 aliphatic heterocycles. The first-order valence-electron chi connectivity index (χ1n) is 6.26. The number of nitrogens with one attached hydrogen (secondary N) is 2. The van der Waals surface area contributed by atoms with Crippen LogP contribution in [0.2, 0.25) is 0 Å². The topological polar surface area (TPSA) is 61.4 Å². The highest BCUT2D eigenvalue weighted by Gasteiger charge is 2.40. The van der Waals surface area contributed by atoms with E-state index in [2.05, 4.69) is 10.6 Å². The predicted octanol–water partition coefficient (Wildman–Crippen LogP) is 0.440. The number of likely N-dealkylation sites (tertiary alicyclic amines) is 1. The zero-order chi connectivity index (χ0) is 14.0. The van der Waals surface area contributed by atoms with Gasteiger partial charge in [-0.25, -0.2) is 0 Å². The van der Waals surface area contributed by atoms with E-state index in [0.717, 1.165) is 17.9 Å². The summed E-state index contributed by atoms with van der Waals surface area (Å²) < 4.78 is 36.7. The normalized spacial score (nSPS) is 26.6. The average molecular weight is 316 g/mol. The van der Waals surface area contributed by atoms with Gasteiger partial charge in [0.15, 0.2) is 0 Å². The van der Waals surface area contributed by atoms with Gasteiger partial charge in [-0.1, -0.05) is 0 Å². The number of hydrogen-bond acceptors (Lipinski definition) is 3. The van der Waals surface area contributed by atoms with Gasteiger partial charge in [0.25, 0.3) is 0 Å². The van der Waals surface area contributed by atoms with Gasteiger partial charge in [-0.2, -0.15) is 13.2 Å². The summed E-state index contributed by atoms with van der Waals surface area (Å²) in [5.74, 6) is -0.951. The fourth-order valence-electron chi connectivity index (χ4n) is 2.43. The molecule has 2 rings (SSSR count). The Morgan fingerprint density at radius 2 is 2.10 bits per heavy atom. The zero-order valence-electron chi connectivity index (χ0n) is 10.7. The number of hydrogen-bond donors (Lipinski definition) is 2. The van der Waals surface area contributed by atoms with Gasteiger partial charge >= 0.3 is 6.18 Å². The minimum atomic E-state index is -4.40. The van der Waals surface area contributed by atoms with Gasteiger partial charge in [0.2, 0.25) is 11.8 Å². The minimum absolute atomic E-state index is 0. The summed E-state index contributed by atoms with van der Waals surface area (Å²) in [5, 5.41) is 5.50. The van der Waals surface area contributed by atoms with Crippen LogP contribution in [0.15, 0.2) is 0 Å². The third kappa shape index (κ3) is 4.24. The molecule has 9 heteroatoms. The second kappa shape index (κ2) is 6.62. The van der Waals surface area contributed by atoms with Crippen molar-refractivity contribution in [1.29, 1.82) is 0 Å². The van der Waals surface area contributed by atoms with E-state index < -0.39 is 24.7 Å². The maximum Gasteiger partial charge on any atom is 0.406 e. The summed E-state index contributed by atoms with van der Waals surface area (Å²) in [5.41, 5.74) is 0. The summed E-state index contributed by atoms with van der Waals surface area (Å²) >= 11 is 0. The van der Waals surface area contributed by atoms with E-state index in [0.29, 0.717) is 6.42 Å². The molecule has 5 nitrogen and oxygen atoms in total. The van der Waals surface area contributed by atoms with Crippen molar-refractivity contribution in [2.75, 3.05) is 19.6 Å². The van der Waals surface area contributed by atoms with Gasteiger partial charge in [-0.3, -0.25) is 9.59 Å². The Morgan fingerprint density at radius 1 is 1.40 bits per heavy atom.